The molecule has 4 atom stereocenters. The van der Waals surface area contributed by atoms with Crippen molar-refractivity contribution in [2.75, 3.05) is 19.6 Å². The standard InChI is InChI=1S/C21H28N2O4S/c24-20(25)12-4-11-19-18-10-6-14-22-13-5-7-16(21(18)22)15-23(19)28(26,27)17-8-2-1-3-9-17/h1-4,8-9,11,16,18-19,21H,5-7,10,12-15H2,(H,24,25)/b11-4+/t16-,18+,19+,21-/m0/s1. The number of carboxylic acid groups (broad SMARTS) is 1. The molecule has 152 valence electrons. The van der Waals surface area contributed by atoms with E-state index in [0.717, 1.165) is 38.8 Å². The van der Waals surface area contributed by atoms with Gasteiger partial charge in [-0.2, -0.15) is 4.31 Å². The van der Waals surface area contributed by atoms with Crippen molar-refractivity contribution in [3.05, 3.63) is 42.5 Å². The van der Waals surface area contributed by atoms with Crippen molar-refractivity contribution in [1.82, 2.24) is 9.21 Å². The number of nitrogens with zero attached hydrogens (tertiary/aromatic N) is 2. The van der Waals surface area contributed by atoms with Crippen LogP contribution in [0.2, 0.25) is 0 Å². The van der Waals surface area contributed by atoms with Gasteiger partial charge in [0.1, 0.15) is 0 Å². The molecule has 0 spiro atoms. The Morgan fingerprint density at radius 3 is 2.57 bits per heavy atom. The summed E-state index contributed by atoms with van der Waals surface area (Å²) in [4.78, 5) is 13.9. The van der Waals surface area contributed by atoms with Crippen LogP contribution in [0.3, 0.4) is 0 Å². The molecule has 0 aromatic heterocycles. The smallest absolute Gasteiger partial charge is 0.307 e. The molecule has 3 aliphatic heterocycles. The largest absolute Gasteiger partial charge is 0.481 e. The minimum absolute atomic E-state index is 0.0831. The molecule has 1 aromatic rings. The highest BCUT2D eigenvalue weighted by atomic mass is 32.2. The lowest BCUT2D eigenvalue weighted by Crippen LogP contribution is -2.65. The molecule has 3 heterocycles. The molecule has 3 saturated heterocycles. The molecule has 7 heteroatoms. The number of aliphatic carboxylic acids is 1. The third-order valence-corrected chi connectivity index (χ3v) is 8.39. The van der Waals surface area contributed by atoms with E-state index in [1.165, 1.54) is 0 Å². The zero-order valence-corrected chi connectivity index (χ0v) is 16.8. The lowest BCUT2D eigenvalue weighted by atomic mass is 9.70. The van der Waals surface area contributed by atoms with Crippen molar-refractivity contribution in [1.29, 1.82) is 0 Å². The Labute approximate surface area is 166 Å². The van der Waals surface area contributed by atoms with Crippen LogP contribution in [0, 0.1) is 11.8 Å². The van der Waals surface area contributed by atoms with Crippen LogP contribution in [0.15, 0.2) is 47.4 Å². The fourth-order valence-electron chi connectivity index (χ4n) is 5.43. The van der Waals surface area contributed by atoms with Crippen LogP contribution in [-0.4, -0.2) is 60.4 Å². The van der Waals surface area contributed by atoms with Gasteiger partial charge < -0.3 is 5.11 Å². The van der Waals surface area contributed by atoms with Crippen LogP contribution in [-0.2, 0) is 14.8 Å². The molecule has 3 fully saturated rings. The summed E-state index contributed by atoms with van der Waals surface area (Å²) in [6.45, 7) is 2.69. The van der Waals surface area contributed by atoms with Crippen LogP contribution < -0.4 is 0 Å². The average molecular weight is 405 g/mol. The van der Waals surface area contributed by atoms with Crippen molar-refractivity contribution in [3.63, 3.8) is 0 Å². The van der Waals surface area contributed by atoms with E-state index in [-0.39, 0.29) is 18.4 Å². The quantitative estimate of drug-likeness (QED) is 0.763. The van der Waals surface area contributed by atoms with Gasteiger partial charge >= 0.3 is 5.97 Å². The van der Waals surface area contributed by atoms with E-state index in [2.05, 4.69) is 4.90 Å². The van der Waals surface area contributed by atoms with Crippen LogP contribution in [0.5, 0.6) is 0 Å². The lowest BCUT2D eigenvalue weighted by molar-refractivity contribution is -0.136. The Kier molecular flexibility index (Phi) is 5.58. The number of carbonyl (C=O) groups is 1. The van der Waals surface area contributed by atoms with Crippen molar-refractivity contribution < 1.29 is 18.3 Å². The van der Waals surface area contributed by atoms with Gasteiger partial charge in [-0.1, -0.05) is 30.4 Å². The van der Waals surface area contributed by atoms with Gasteiger partial charge in [-0.05, 0) is 62.7 Å². The second-order valence-electron chi connectivity index (χ2n) is 8.14. The van der Waals surface area contributed by atoms with E-state index in [0.29, 0.717) is 23.4 Å². The molecule has 0 bridgehead atoms. The number of sulfonamides is 1. The molecule has 28 heavy (non-hydrogen) atoms. The first-order chi connectivity index (χ1) is 13.5. The SMILES string of the molecule is O=C(O)C/C=C/[C@@H]1[C@H]2CCCN3CCC[C@@H](CN1S(=O)(=O)c1ccccc1)[C@@H]23. The monoisotopic (exact) mass is 404 g/mol. The number of hydrogen-bond donors (Lipinski definition) is 1. The highest BCUT2D eigenvalue weighted by molar-refractivity contribution is 7.89. The fourth-order valence-corrected chi connectivity index (χ4v) is 7.14. The van der Waals surface area contributed by atoms with E-state index < -0.39 is 16.0 Å². The second-order valence-corrected chi connectivity index (χ2v) is 10.0. The summed E-state index contributed by atoms with van der Waals surface area (Å²) >= 11 is 0. The third kappa shape index (κ3) is 3.63. The molecular formula is C21H28N2O4S. The Bertz CT molecular complexity index is 837. The maximum Gasteiger partial charge on any atom is 0.307 e. The lowest BCUT2D eigenvalue weighted by Gasteiger charge is -2.56. The first kappa shape index (κ1) is 19.6. The topological polar surface area (TPSA) is 77.9 Å². The predicted octanol–water partition coefficient (Wildman–Crippen LogP) is 2.58. The maximum atomic E-state index is 13.5. The summed E-state index contributed by atoms with van der Waals surface area (Å²) < 4.78 is 28.6. The van der Waals surface area contributed by atoms with Crippen molar-refractivity contribution in [2.24, 2.45) is 11.8 Å². The average Bonchev–Trinajstić information content (AvgIpc) is 2.70. The molecule has 0 aliphatic carbocycles. The van der Waals surface area contributed by atoms with E-state index in [1.54, 1.807) is 34.6 Å². The van der Waals surface area contributed by atoms with Gasteiger partial charge in [-0.25, -0.2) is 8.42 Å². The predicted molar refractivity (Wildman–Crippen MR) is 106 cm³/mol. The highest BCUT2D eigenvalue weighted by Crippen LogP contribution is 2.44. The summed E-state index contributed by atoms with van der Waals surface area (Å²) in [5.41, 5.74) is 0. The van der Waals surface area contributed by atoms with Crippen LogP contribution in [0.1, 0.15) is 32.1 Å². The summed E-state index contributed by atoms with van der Waals surface area (Å²) in [5, 5.41) is 9.02. The van der Waals surface area contributed by atoms with Gasteiger partial charge in [0.25, 0.3) is 0 Å². The zero-order chi connectivity index (χ0) is 19.7. The Balaban J connectivity index is 1.72. The normalized spacial score (nSPS) is 31.6. The Hall–Kier alpha value is -1.70. The minimum atomic E-state index is -3.63. The van der Waals surface area contributed by atoms with Gasteiger partial charge in [0.05, 0.1) is 11.3 Å². The van der Waals surface area contributed by atoms with Crippen LogP contribution >= 0.6 is 0 Å². The second kappa shape index (κ2) is 7.97. The molecule has 1 aromatic carbocycles. The zero-order valence-electron chi connectivity index (χ0n) is 16.0. The van der Waals surface area contributed by atoms with E-state index >= 15 is 0 Å². The molecule has 6 nitrogen and oxygen atoms in total. The van der Waals surface area contributed by atoms with Crippen molar-refractivity contribution >= 4 is 16.0 Å². The Morgan fingerprint density at radius 2 is 1.86 bits per heavy atom. The van der Waals surface area contributed by atoms with E-state index in [1.807, 2.05) is 12.1 Å². The number of hydrogen-bond acceptors (Lipinski definition) is 4. The first-order valence-electron chi connectivity index (χ1n) is 10.2. The maximum absolute atomic E-state index is 13.5. The first-order valence-corrected chi connectivity index (χ1v) is 11.6. The van der Waals surface area contributed by atoms with Gasteiger partial charge in [0.2, 0.25) is 10.0 Å². The molecule has 0 unspecified atom stereocenters. The van der Waals surface area contributed by atoms with Gasteiger partial charge in [0, 0.05) is 18.6 Å². The number of piperidine rings is 3. The molecule has 0 saturated carbocycles. The number of carboxylic acids is 1. The summed E-state index contributed by atoms with van der Waals surface area (Å²) in [5.74, 6) is -0.330. The van der Waals surface area contributed by atoms with Crippen molar-refractivity contribution in [3.8, 4) is 0 Å². The highest BCUT2D eigenvalue weighted by Gasteiger charge is 2.50. The number of rotatable bonds is 5. The molecule has 1 N–H and O–H groups in total. The van der Waals surface area contributed by atoms with Gasteiger partial charge in [-0.15, -0.1) is 0 Å². The minimum Gasteiger partial charge on any atom is -0.481 e. The molecule has 4 rings (SSSR count). The molecular weight excluding hydrogens is 376 g/mol. The third-order valence-electron chi connectivity index (χ3n) is 6.51. The van der Waals surface area contributed by atoms with Gasteiger partial charge in [0.15, 0.2) is 0 Å². The van der Waals surface area contributed by atoms with E-state index in [9.17, 15) is 13.2 Å². The van der Waals surface area contributed by atoms with E-state index in [4.69, 9.17) is 5.11 Å². The Morgan fingerprint density at radius 1 is 1.14 bits per heavy atom. The fraction of sp³-hybridized carbons (Fsp3) is 0.571. The summed E-state index contributed by atoms with van der Waals surface area (Å²) in [6.07, 6.45) is 7.62. The molecule has 3 aliphatic rings. The van der Waals surface area contributed by atoms with Crippen LogP contribution in [0.4, 0.5) is 0 Å². The summed E-state index contributed by atoms with van der Waals surface area (Å²) in [7, 11) is -3.63. The summed E-state index contributed by atoms with van der Waals surface area (Å²) in [6, 6.07) is 8.72. The molecule has 0 amide bonds. The molecule has 0 radical (unpaired) electrons. The van der Waals surface area contributed by atoms with Gasteiger partial charge in [-0.3, -0.25) is 9.69 Å². The van der Waals surface area contributed by atoms with Crippen LogP contribution in [0.25, 0.3) is 0 Å². The number of benzene rings is 1. The van der Waals surface area contributed by atoms with Crippen molar-refractivity contribution in [2.45, 2.75) is 49.1 Å².